The Hall–Kier alpha value is -2.57. The largest absolute Gasteiger partial charge is 0.456 e. The number of nitrogens with one attached hydrogen (secondary N) is 2. The highest BCUT2D eigenvalue weighted by Crippen LogP contribution is 2.32. The molecule has 0 saturated carbocycles. The molecule has 0 bridgehead atoms. The van der Waals surface area contributed by atoms with Gasteiger partial charge in [0.2, 0.25) is 5.91 Å². The van der Waals surface area contributed by atoms with Crippen LogP contribution < -0.4 is 15.4 Å². The van der Waals surface area contributed by atoms with Gasteiger partial charge in [-0.3, -0.25) is 9.59 Å². The van der Waals surface area contributed by atoms with E-state index in [0.717, 1.165) is 31.4 Å². The topological polar surface area (TPSA) is 70.7 Å². The van der Waals surface area contributed by atoms with E-state index in [9.17, 15) is 9.59 Å². The zero-order chi connectivity index (χ0) is 24.5. The molecular formula is C27H34ClN3O3. The third-order valence-corrected chi connectivity index (χ3v) is 6.69. The molecule has 34 heavy (non-hydrogen) atoms. The van der Waals surface area contributed by atoms with Gasteiger partial charge in [0, 0.05) is 42.2 Å². The van der Waals surface area contributed by atoms with Crippen LogP contribution in [0.25, 0.3) is 0 Å². The molecule has 7 heteroatoms. The van der Waals surface area contributed by atoms with E-state index in [1.54, 1.807) is 18.2 Å². The summed E-state index contributed by atoms with van der Waals surface area (Å²) < 4.78 is 6.01. The third-order valence-electron chi connectivity index (χ3n) is 6.39. The number of halogens is 1. The Morgan fingerprint density at radius 3 is 2.53 bits per heavy atom. The van der Waals surface area contributed by atoms with Gasteiger partial charge in [0.15, 0.2) is 0 Å². The number of hydrogen-bond donors (Lipinski definition) is 2. The lowest BCUT2D eigenvalue weighted by atomic mass is 9.79. The van der Waals surface area contributed by atoms with Crippen LogP contribution in [0.4, 0.5) is 0 Å². The number of hydrogen-bond acceptors (Lipinski definition) is 4. The van der Waals surface area contributed by atoms with Gasteiger partial charge >= 0.3 is 0 Å². The average Bonchev–Trinajstić information content (AvgIpc) is 3.12. The van der Waals surface area contributed by atoms with E-state index >= 15 is 0 Å². The Balaban J connectivity index is 1.41. The monoisotopic (exact) mass is 483 g/mol. The summed E-state index contributed by atoms with van der Waals surface area (Å²) in [7, 11) is 0. The van der Waals surface area contributed by atoms with Crippen LogP contribution in [0.2, 0.25) is 5.02 Å². The number of carbonyl (C=O) groups excluding carboxylic acids is 2. The molecule has 0 unspecified atom stereocenters. The number of amides is 2. The first-order valence-electron chi connectivity index (χ1n) is 11.9. The first-order valence-corrected chi connectivity index (χ1v) is 12.3. The molecular weight excluding hydrogens is 450 g/mol. The zero-order valence-electron chi connectivity index (χ0n) is 20.4. The minimum absolute atomic E-state index is 0.0500. The van der Waals surface area contributed by atoms with Gasteiger partial charge in [0.05, 0.1) is 5.02 Å². The second-order valence-electron chi connectivity index (χ2n) is 10.8. The third kappa shape index (κ3) is 6.10. The Kier molecular flexibility index (Phi) is 6.92. The quantitative estimate of drug-likeness (QED) is 0.585. The van der Waals surface area contributed by atoms with Crippen LogP contribution in [0.3, 0.4) is 0 Å². The van der Waals surface area contributed by atoms with Gasteiger partial charge in [0.25, 0.3) is 5.91 Å². The Morgan fingerprint density at radius 2 is 1.88 bits per heavy atom. The summed E-state index contributed by atoms with van der Waals surface area (Å²) >= 11 is 6.49. The van der Waals surface area contributed by atoms with Crippen LogP contribution >= 0.6 is 11.6 Å². The van der Waals surface area contributed by atoms with Gasteiger partial charge in [-0.1, -0.05) is 23.7 Å². The predicted octanol–water partition coefficient (Wildman–Crippen LogP) is 5.29. The molecule has 2 saturated heterocycles. The van der Waals surface area contributed by atoms with E-state index in [0.29, 0.717) is 35.1 Å². The van der Waals surface area contributed by atoms with E-state index < -0.39 is 0 Å². The summed E-state index contributed by atoms with van der Waals surface area (Å²) in [6.07, 6.45) is 3.25. The van der Waals surface area contributed by atoms with Crippen molar-refractivity contribution in [3.63, 3.8) is 0 Å². The van der Waals surface area contributed by atoms with Crippen molar-refractivity contribution in [3.8, 4) is 11.5 Å². The van der Waals surface area contributed by atoms with E-state index in [4.69, 9.17) is 16.3 Å². The maximum atomic E-state index is 12.9. The lowest BCUT2D eigenvalue weighted by Gasteiger charge is -2.46. The number of ether oxygens (including phenoxy) is 1. The van der Waals surface area contributed by atoms with Crippen LogP contribution in [-0.2, 0) is 11.3 Å². The van der Waals surface area contributed by atoms with Gasteiger partial charge in [-0.05, 0) is 82.9 Å². The molecule has 182 valence electrons. The summed E-state index contributed by atoms with van der Waals surface area (Å²) in [6, 6.07) is 12.9. The number of nitrogens with zero attached hydrogens (tertiary/aromatic N) is 1. The van der Waals surface area contributed by atoms with Crippen LogP contribution in [0.15, 0.2) is 42.5 Å². The fourth-order valence-electron chi connectivity index (χ4n) is 5.34. The molecule has 2 aromatic rings. The molecule has 2 aliphatic heterocycles. The van der Waals surface area contributed by atoms with E-state index in [2.05, 4.69) is 38.3 Å². The van der Waals surface area contributed by atoms with E-state index in [1.807, 2.05) is 29.2 Å². The maximum Gasteiger partial charge on any atom is 0.251 e. The molecule has 0 aliphatic carbocycles. The van der Waals surface area contributed by atoms with E-state index in [1.165, 1.54) is 0 Å². The molecule has 2 fully saturated rings. The molecule has 0 radical (unpaired) electrons. The first-order chi connectivity index (χ1) is 16.0. The molecule has 2 aliphatic rings. The average molecular weight is 484 g/mol. The van der Waals surface area contributed by atoms with Crippen molar-refractivity contribution >= 4 is 23.4 Å². The number of piperidine rings is 1. The summed E-state index contributed by atoms with van der Waals surface area (Å²) in [5, 5.41) is 7.18. The minimum Gasteiger partial charge on any atom is -0.456 e. The van der Waals surface area contributed by atoms with Crippen LogP contribution in [0.1, 0.15) is 69.3 Å². The highest BCUT2D eigenvalue weighted by Gasteiger charge is 2.38. The van der Waals surface area contributed by atoms with Gasteiger partial charge in [-0.15, -0.1) is 0 Å². The molecule has 2 heterocycles. The first kappa shape index (κ1) is 24.6. The lowest BCUT2D eigenvalue weighted by molar-refractivity contribution is -0.128. The van der Waals surface area contributed by atoms with Gasteiger partial charge < -0.3 is 20.3 Å². The molecule has 0 atom stereocenters. The molecule has 4 rings (SSSR count). The van der Waals surface area contributed by atoms with Gasteiger partial charge in [-0.2, -0.15) is 0 Å². The Bertz CT molecular complexity index is 1070. The fourth-order valence-corrected chi connectivity index (χ4v) is 5.56. The highest BCUT2D eigenvalue weighted by molar-refractivity contribution is 6.32. The number of likely N-dealkylation sites (tertiary alicyclic amines) is 1. The second kappa shape index (κ2) is 9.59. The molecule has 6 nitrogen and oxygen atoms in total. The van der Waals surface area contributed by atoms with Crippen LogP contribution in [-0.4, -0.2) is 40.4 Å². The van der Waals surface area contributed by atoms with Crippen molar-refractivity contribution < 1.29 is 14.3 Å². The van der Waals surface area contributed by atoms with Crippen LogP contribution in [0, 0.1) is 0 Å². The standard InChI is InChI=1S/C27H34ClN3O3/c1-26(2)15-20(16-27(3,4)30-26)29-25(33)19-10-11-23(22(28)14-19)34-21-8-5-7-18(13-21)17-31-12-6-9-24(31)32/h5,7-8,10-11,13-14,20,30H,6,9,12,15-17H2,1-4H3,(H,29,33). The van der Waals surface area contributed by atoms with Gasteiger partial charge in [0.1, 0.15) is 11.5 Å². The van der Waals surface area contributed by atoms with Crippen molar-refractivity contribution in [2.45, 2.75) is 77.0 Å². The maximum absolute atomic E-state index is 12.9. The summed E-state index contributed by atoms with van der Waals surface area (Å²) in [5.41, 5.74) is 1.41. The number of rotatable bonds is 6. The Labute approximate surface area is 207 Å². The SMILES string of the molecule is CC1(C)CC(NC(=O)c2ccc(Oc3cccc(CN4CCCC4=O)c3)c(Cl)c2)CC(C)(C)N1. The molecule has 2 N–H and O–H groups in total. The number of benzene rings is 2. The molecule has 2 amide bonds. The summed E-state index contributed by atoms with van der Waals surface area (Å²) in [4.78, 5) is 26.7. The van der Waals surface area contributed by atoms with Crippen molar-refractivity contribution in [2.75, 3.05) is 6.54 Å². The smallest absolute Gasteiger partial charge is 0.251 e. The van der Waals surface area contributed by atoms with Crippen molar-refractivity contribution in [3.05, 3.63) is 58.6 Å². The molecule has 0 aromatic heterocycles. The highest BCUT2D eigenvalue weighted by atomic mass is 35.5. The second-order valence-corrected chi connectivity index (χ2v) is 11.2. The minimum atomic E-state index is -0.135. The fraction of sp³-hybridized carbons (Fsp3) is 0.481. The van der Waals surface area contributed by atoms with Crippen molar-refractivity contribution in [1.29, 1.82) is 0 Å². The summed E-state index contributed by atoms with van der Waals surface area (Å²) in [6.45, 7) is 10.0. The summed E-state index contributed by atoms with van der Waals surface area (Å²) in [5.74, 6) is 1.18. The van der Waals surface area contributed by atoms with Crippen molar-refractivity contribution in [2.24, 2.45) is 0 Å². The van der Waals surface area contributed by atoms with Gasteiger partial charge in [-0.25, -0.2) is 0 Å². The lowest BCUT2D eigenvalue weighted by Crippen LogP contribution is -2.62. The Morgan fingerprint density at radius 1 is 1.15 bits per heavy atom. The van der Waals surface area contributed by atoms with E-state index in [-0.39, 0.29) is 28.9 Å². The predicted molar refractivity (Wildman–Crippen MR) is 134 cm³/mol. The normalized spacial score (nSPS) is 19.8. The number of carbonyl (C=O) groups is 2. The van der Waals surface area contributed by atoms with Crippen LogP contribution in [0.5, 0.6) is 11.5 Å². The zero-order valence-corrected chi connectivity index (χ0v) is 21.2. The van der Waals surface area contributed by atoms with Crippen molar-refractivity contribution in [1.82, 2.24) is 15.5 Å². The molecule has 2 aromatic carbocycles. The molecule has 0 spiro atoms.